The van der Waals surface area contributed by atoms with E-state index < -0.39 is 5.91 Å². The van der Waals surface area contributed by atoms with Gasteiger partial charge >= 0.3 is 0 Å². The lowest BCUT2D eigenvalue weighted by atomic mass is 9.91. The van der Waals surface area contributed by atoms with Crippen LogP contribution < -0.4 is 22.1 Å². The second-order valence-corrected chi connectivity index (χ2v) is 7.42. The maximum atomic E-state index is 11.9. The number of rotatable bonds is 6. The van der Waals surface area contributed by atoms with Gasteiger partial charge in [-0.25, -0.2) is 4.98 Å². The average molecular weight is 390 g/mol. The molecule has 4 rings (SSSR count). The second kappa shape index (κ2) is 8.36. The minimum absolute atomic E-state index is 0.135. The van der Waals surface area contributed by atoms with Crippen LogP contribution in [0.1, 0.15) is 36.0 Å². The summed E-state index contributed by atoms with van der Waals surface area (Å²) in [6.07, 6.45) is 8.28. The van der Waals surface area contributed by atoms with Crippen molar-refractivity contribution >= 4 is 23.1 Å². The first-order valence-electron chi connectivity index (χ1n) is 9.93. The minimum atomic E-state index is -0.491. The fraction of sp³-hybridized carbons (Fsp3) is 0.273. The quantitative estimate of drug-likeness (QED) is 0.515. The monoisotopic (exact) mass is 390 g/mol. The van der Waals surface area contributed by atoms with E-state index in [1.165, 1.54) is 12.8 Å². The van der Waals surface area contributed by atoms with Gasteiger partial charge in [0, 0.05) is 30.2 Å². The van der Waals surface area contributed by atoms with Crippen LogP contribution in [0.25, 0.3) is 5.82 Å². The topological polar surface area (TPSA) is 111 Å². The lowest BCUT2D eigenvalue weighted by Gasteiger charge is -2.30. The molecular weight excluding hydrogens is 364 g/mol. The number of benzene rings is 1. The van der Waals surface area contributed by atoms with E-state index in [2.05, 4.69) is 15.6 Å². The molecule has 1 fully saturated rings. The minimum Gasteiger partial charge on any atom is -0.381 e. The number of nitrogens with one attached hydrogen (secondary N) is 2. The summed E-state index contributed by atoms with van der Waals surface area (Å²) >= 11 is 0. The Morgan fingerprint density at radius 1 is 1.07 bits per heavy atom. The fourth-order valence-corrected chi connectivity index (χ4v) is 3.77. The molecule has 3 aromatic rings. The lowest BCUT2D eigenvalue weighted by Crippen LogP contribution is -2.42. The van der Waals surface area contributed by atoms with Gasteiger partial charge in [0.25, 0.3) is 5.91 Å². The molecular formula is C22H26N6O. The van der Waals surface area contributed by atoms with Crippen molar-refractivity contribution in [2.75, 3.05) is 10.6 Å². The molecule has 7 nitrogen and oxygen atoms in total. The summed E-state index contributed by atoms with van der Waals surface area (Å²) in [5.74, 6) is 0.920. The van der Waals surface area contributed by atoms with Crippen molar-refractivity contribution in [1.29, 1.82) is 0 Å². The smallest absolute Gasteiger partial charge is 0.250 e. The Kier molecular flexibility index (Phi) is 5.48. The molecule has 29 heavy (non-hydrogen) atoms. The van der Waals surface area contributed by atoms with Crippen molar-refractivity contribution < 1.29 is 4.79 Å². The lowest BCUT2D eigenvalue weighted by molar-refractivity contribution is 0.100. The SMILES string of the molecule is NC(=O)c1ccc(N[C@H]2CCCC[C@H]2N)cc1Nc1cccc(-n2cccc2)n1. The van der Waals surface area contributed by atoms with E-state index in [4.69, 9.17) is 11.5 Å². The molecule has 2 atom stereocenters. The van der Waals surface area contributed by atoms with Gasteiger partial charge in [0.1, 0.15) is 11.6 Å². The Labute approximate surface area is 170 Å². The van der Waals surface area contributed by atoms with Gasteiger partial charge < -0.3 is 26.7 Å². The van der Waals surface area contributed by atoms with E-state index in [-0.39, 0.29) is 12.1 Å². The van der Waals surface area contributed by atoms with Crippen molar-refractivity contribution in [1.82, 2.24) is 9.55 Å². The molecule has 1 aromatic carbocycles. The molecule has 0 spiro atoms. The Hall–Kier alpha value is -3.32. The van der Waals surface area contributed by atoms with Gasteiger partial charge in [-0.1, -0.05) is 18.9 Å². The average Bonchev–Trinajstić information content (AvgIpc) is 3.25. The number of carbonyl (C=O) groups is 1. The third-order valence-corrected chi connectivity index (χ3v) is 5.32. The highest BCUT2D eigenvalue weighted by Crippen LogP contribution is 2.27. The Bertz CT molecular complexity index is 985. The van der Waals surface area contributed by atoms with E-state index in [9.17, 15) is 4.79 Å². The molecule has 0 aliphatic heterocycles. The summed E-state index contributed by atoms with van der Waals surface area (Å²) in [5, 5.41) is 6.76. The molecule has 2 heterocycles. The van der Waals surface area contributed by atoms with Crippen LogP contribution >= 0.6 is 0 Å². The zero-order valence-electron chi connectivity index (χ0n) is 16.2. The van der Waals surface area contributed by atoms with E-state index >= 15 is 0 Å². The van der Waals surface area contributed by atoms with Crippen LogP contribution in [-0.2, 0) is 0 Å². The first-order valence-corrected chi connectivity index (χ1v) is 9.93. The van der Waals surface area contributed by atoms with E-state index in [1.807, 2.05) is 59.4 Å². The van der Waals surface area contributed by atoms with Crippen molar-refractivity contribution in [3.63, 3.8) is 0 Å². The third-order valence-electron chi connectivity index (χ3n) is 5.32. The Balaban J connectivity index is 1.60. The van der Waals surface area contributed by atoms with Crippen molar-refractivity contribution in [2.45, 2.75) is 37.8 Å². The van der Waals surface area contributed by atoms with Gasteiger partial charge in [-0.15, -0.1) is 0 Å². The van der Waals surface area contributed by atoms with Gasteiger partial charge in [-0.2, -0.15) is 0 Å². The van der Waals surface area contributed by atoms with Crippen molar-refractivity contribution in [3.8, 4) is 5.82 Å². The standard InChI is InChI=1S/C22H26N6O/c23-17-6-1-2-7-18(17)25-15-10-11-16(22(24)29)19(14-15)26-20-8-5-9-21(27-20)28-12-3-4-13-28/h3-5,8-14,17-18,25H,1-2,6-7,23H2,(H2,24,29)(H,26,27)/t17-,18+/m1/s1. The molecule has 6 N–H and O–H groups in total. The van der Waals surface area contributed by atoms with Crippen LogP contribution in [-0.4, -0.2) is 27.5 Å². The largest absolute Gasteiger partial charge is 0.381 e. The number of primary amides is 1. The van der Waals surface area contributed by atoms with Crippen LogP contribution in [0.5, 0.6) is 0 Å². The number of nitrogens with two attached hydrogens (primary N) is 2. The molecule has 0 radical (unpaired) electrons. The van der Waals surface area contributed by atoms with Crippen molar-refractivity contribution in [2.24, 2.45) is 11.5 Å². The number of nitrogens with zero attached hydrogens (tertiary/aromatic N) is 2. The van der Waals surface area contributed by atoms with Gasteiger partial charge in [0.05, 0.1) is 11.3 Å². The van der Waals surface area contributed by atoms with Gasteiger partial charge in [-0.05, 0) is 55.3 Å². The predicted molar refractivity (Wildman–Crippen MR) is 116 cm³/mol. The maximum absolute atomic E-state index is 11.9. The number of amides is 1. The molecule has 2 aromatic heterocycles. The second-order valence-electron chi connectivity index (χ2n) is 7.42. The number of anilines is 3. The summed E-state index contributed by atoms with van der Waals surface area (Å²) in [4.78, 5) is 16.6. The first kappa shape index (κ1) is 19.0. The molecule has 0 bridgehead atoms. The highest BCUT2D eigenvalue weighted by Gasteiger charge is 2.22. The number of aromatic nitrogens is 2. The van der Waals surface area contributed by atoms with Crippen LogP contribution in [0.3, 0.4) is 0 Å². The predicted octanol–water partition coefficient (Wildman–Crippen LogP) is 3.40. The Morgan fingerprint density at radius 3 is 2.62 bits per heavy atom. The molecule has 7 heteroatoms. The summed E-state index contributed by atoms with van der Waals surface area (Å²) in [6, 6.07) is 15.4. The van der Waals surface area contributed by atoms with Crippen LogP contribution in [0.4, 0.5) is 17.2 Å². The molecule has 1 aliphatic rings. The molecule has 1 aliphatic carbocycles. The van der Waals surface area contributed by atoms with E-state index in [0.717, 1.165) is 24.3 Å². The normalized spacial score (nSPS) is 18.9. The van der Waals surface area contributed by atoms with Gasteiger partial charge in [-0.3, -0.25) is 4.79 Å². The zero-order valence-corrected chi connectivity index (χ0v) is 16.2. The maximum Gasteiger partial charge on any atom is 0.250 e. The summed E-state index contributed by atoms with van der Waals surface area (Å²) in [6.45, 7) is 0. The molecule has 0 unspecified atom stereocenters. The molecule has 0 saturated heterocycles. The zero-order chi connectivity index (χ0) is 20.2. The summed E-state index contributed by atoms with van der Waals surface area (Å²) < 4.78 is 1.92. The van der Waals surface area contributed by atoms with Crippen molar-refractivity contribution in [3.05, 3.63) is 66.5 Å². The Morgan fingerprint density at radius 2 is 1.86 bits per heavy atom. The molecule has 1 saturated carbocycles. The number of hydrogen-bond donors (Lipinski definition) is 4. The van der Waals surface area contributed by atoms with Crippen LogP contribution in [0.15, 0.2) is 60.9 Å². The highest BCUT2D eigenvalue weighted by atomic mass is 16.1. The number of carbonyl (C=O) groups excluding carboxylic acids is 1. The fourth-order valence-electron chi connectivity index (χ4n) is 3.77. The number of pyridine rings is 1. The van der Waals surface area contributed by atoms with Gasteiger partial charge in [0.2, 0.25) is 0 Å². The molecule has 1 amide bonds. The number of hydrogen-bond acceptors (Lipinski definition) is 5. The third kappa shape index (κ3) is 4.41. The van der Waals surface area contributed by atoms with E-state index in [0.29, 0.717) is 17.1 Å². The van der Waals surface area contributed by atoms with Gasteiger partial charge in [0.15, 0.2) is 0 Å². The van der Waals surface area contributed by atoms with E-state index in [1.54, 1.807) is 6.07 Å². The van der Waals surface area contributed by atoms with Crippen LogP contribution in [0, 0.1) is 0 Å². The first-order chi connectivity index (χ1) is 14.1. The summed E-state index contributed by atoms with van der Waals surface area (Å²) in [7, 11) is 0. The highest BCUT2D eigenvalue weighted by molar-refractivity contribution is 5.99. The molecule has 150 valence electrons. The summed E-state index contributed by atoms with van der Waals surface area (Å²) in [5.41, 5.74) is 13.8. The van der Waals surface area contributed by atoms with Crippen LogP contribution in [0.2, 0.25) is 0 Å².